The lowest BCUT2D eigenvalue weighted by Gasteiger charge is -2.26. The van der Waals surface area contributed by atoms with Crippen LogP contribution in [0.2, 0.25) is 0 Å². The Bertz CT molecular complexity index is 579. The molecule has 0 saturated heterocycles. The van der Waals surface area contributed by atoms with Gasteiger partial charge in [-0.1, -0.05) is 25.7 Å². The molecule has 0 bridgehead atoms. The summed E-state index contributed by atoms with van der Waals surface area (Å²) >= 11 is 0. The zero-order valence-corrected chi connectivity index (χ0v) is 15.7. The van der Waals surface area contributed by atoms with Crippen molar-refractivity contribution in [2.24, 2.45) is 0 Å². The monoisotopic (exact) mass is 347 g/mol. The highest BCUT2D eigenvalue weighted by atomic mass is 16.5. The average molecular weight is 347 g/mol. The lowest BCUT2D eigenvalue weighted by atomic mass is 10.1. The predicted molar refractivity (Wildman–Crippen MR) is 99.4 cm³/mol. The van der Waals surface area contributed by atoms with E-state index in [1.54, 1.807) is 33.5 Å². The minimum atomic E-state index is 0.0284. The van der Waals surface area contributed by atoms with E-state index < -0.39 is 0 Å². The van der Waals surface area contributed by atoms with Crippen molar-refractivity contribution in [2.45, 2.75) is 44.6 Å². The van der Waals surface area contributed by atoms with Gasteiger partial charge in [0.1, 0.15) is 0 Å². The molecular formula is C20H29NO4. The fourth-order valence-electron chi connectivity index (χ4n) is 3.31. The van der Waals surface area contributed by atoms with Crippen molar-refractivity contribution in [3.8, 4) is 17.2 Å². The van der Waals surface area contributed by atoms with Crippen LogP contribution in [-0.2, 0) is 4.79 Å². The molecule has 1 fully saturated rings. The molecule has 1 aromatic rings. The Morgan fingerprint density at radius 2 is 1.56 bits per heavy atom. The molecule has 0 heterocycles. The Kier molecular flexibility index (Phi) is 7.16. The molecule has 0 radical (unpaired) electrons. The third kappa shape index (κ3) is 4.91. The maximum Gasteiger partial charge on any atom is 0.246 e. The first-order valence-electron chi connectivity index (χ1n) is 8.85. The number of rotatable bonds is 6. The third-order valence-electron chi connectivity index (χ3n) is 4.83. The second-order valence-corrected chi connectivity index (χ2v) is 6.39. The molecule has 0 spiro atoms. The fourth-order valence-corrected chi connectivity index (χ4v) is 3.31. The number of carbonyl (C=O) groups excluding carboxylic acids is 1. The van der Waals surface area contributed by atoms with Crippen molar-refractivity contribution in [1.29, 1.82) is 0 Å². The summed E-state index contributed by atoms with van der Waals surface area (Å²) in [6, 6.07) is 4.01. The van der Waals surface area contributed by atoms with Crippen molar-refractivity contribution in [3.63, 3.8) is 0 Å². The van der Waals surface area contributed by atoms with Gasteiger partial charge < -0.3 is 19.1 Å². The molecule has 5 nitrogen and oxygen atoms in total. The summed E-state index contributed by atoms with van der Waals surface area (Å²) in [5.41, 5.74) is 0.831. The van der Waals surface area contributed by atoms with Crippen molar-refractivity contribution in [2.75, 3.05) is 28.4 Å². The normalized spacial score (nSPS) is 15.7. The van der Waals surface area contributed by atoms with E-state index in [9.17, 15) is 4.79 Å². The van der Waals surface area contributed by atoms with Gasteiger partial charge in [-0.05, 0) is 36.6 Å². The number of hydrogen-bond donors (Lipinski definition) is 0. The number of ether oxygens (including phenoxy) is 3. The minimum Gasteiger partial charge on any atom is -0.493 e. The van der Waals surface area contributed by atoms with Crippen LogP contribution in [0.15, 0.2) is 18.2 Å². The molecule has 0 unspecified atom stereocenters. The lowest BCUT2D eigenvalue weighted by Crippen LogP contribution is -2.35. The van der Waals surface area contributed by atoms with Gasteiger partial charge in [0, 0.05) is 19.2 Å². The van der Waals surface area contributed by atoms with Crippen molar-refractivity contribution in [1.82, 2.24) is 4.90 Å². The maximum atomic E-state index is 12.5. The number of methoxy groups -OCH3 is 3. The van der Waals surface area contributed by atoms with Crippen molar-refractivity contribution < 1.29 is 19.0 Å². The van der Waals surface area contributed by atoms with Crippen molar-refractivity contribution >= 4 is 12.0 Å². The Hall–Kier alpha value is -2.17. The topological polar surface area (TPSA) is 48.0 Å². The molecular weight excluding hydrogens is 318 g/mol. The van der Waals surface area contributed by atoms with E-state index >= 15 is 0 Å². The molecule has 5 heteroatoms. The number of nitrogens with zero attached hydrogens (tertiary/aromatic N) is 1. The summed E-state index contributed by atoms with van der Waals surface area (Å²) in [4.78, 5) is 14.4. The quantitative estimate of drug-likeness (QED) is 0.578. The van der Waals surface area contributed by atoms with Gasteiger partial charge in [0.15, 0.2) is 11.5 Å². The molecule has 25 heavy (non-hydrogen) atoms. The van der Waals surface area contributed by atoms with E-state index in [-0.39, 0.29) is 5.91 Å². The zero-order valence-electron chi connectivity index (χ0n) is 15.7. The van der Waals surface area contributed by atoms with Gasteiger partial charge in [-0.3, -0.25) is 4.79 Å². The smallest absolute Gasteiger partial charge is 0.246 e. The molecule has 0 atom stereocenters. The summed E-state index contributed by atoms with van der Waals surface area (Å²) in [5.74, 6) is 1.72. The minimum absolute atomic E-state index is 0.0284. The number of hydrogen-bond acceptors (Lipinski definition) is 4. The molecule has 1 aliphatic carbocycles. The van der Waals surface area contributed by atoms with Crippen LogP contribution in [0.25, 0.3) is 6.08 Å². The maximum absolute atomic E-state index is 12.5. The van der Waals surface area contributed by atoms with Crippen LogP contribution >= 0.6 is 0 Å². The van der Waals surface area contributed by atoms with Gasteiger partial charge in [0.05, 0.1) is 21.3 Å². The number of amides is 1. The molecule has 1 amide bonds. The van der Waals surface area contributed by atoms with E-state index in [2.05, 4.69) is 0 Å². The molecule has 0 aromatic heterocycles. The van der Waals surface area contributed by atoms with Gasteiger partial charge in [0.25, 0.3) is 0 Å². The number of benzene rings is 1. The molecule has 138 valence electrons. The highest BCUT2D eigenvalue weighted by Crippen LogP contribution is 2.38. The van der Waals surface area contributed by atoms with Crippen LogP contribution in [0, 0.1) is 0 Å². The molecule has 1 aromatic carbocycles. The predicted octanol–water partition coefficient (Wildman–Crippen LogP) is 3.91. The molecule has 1 saturated carbocycles. The second kappa shape index (κ2) is 9.35. The average Bonchev–Trinajstić information content (AvgIpc) is 2.93. The summed E-state index contributed by atoms with van der Waals surface area (Å²) in [6.45, 7) is 0. The Morgan fingerprint density at radius 1 is 1.00 bits per heavy atom. The Morgan fingerprint density at radius 3 is 2.04 bits per heavy atom. The van der Waals surface area contributed by atoms with Crippen LogP contribution in [0.3, 0.4) is 0 Å². The van der Waals surface area contributed by atoms with Gasteiger partial charge in [-0.2, -0.15) is 0 Å². The first kappa shape index (κ1) is 19.2. The van der Waals surface area contributed by atoms with Crippen LogP contribution < -0.4 is 14.2 Å². The lowest BCUT2D eigenvalue weighted by molar-refractivity contribution is -0.126. The first-order chi connectivity index (χ1) is 12.1. The SMILES string of the molecule is COc1cc(/C=C/C(=O)N(C)C2CCCCCC2)cc(OC)c1OC. The third-order valence-corrected chi connectivity index (χ3v) is 4.83. The zero-order chi connectivity index (χ0) is 18.2. The highest BCUT2D eigenvalue weighted by molar-refractivity contribution is 5.92. The Balaban J connectivity index is 2.13. The highest BCUT2D eigenvalue weighted by Gasteiger charge is 2.19. The molecule has 2 rings (SSSR count). The molecule has 0 aliphatic heterocycles. The summed E-state index contributed by atoms with van der Waals surface area (Å²) < 4.78 is 16.0. The van der Waals surface area contributed by atoms with Crippen LogP contribution in [0.1, 0.15) is 44.1 Å². The van der Waals surface area contributed by atoms with Gasteiger partial charge in [-0.25, -0.2) is 0 Å². The fraction of sp³-hybridized carbons (Fsp3) is 0.550. The number of carbonyl (C=O) groups is 1. The summed E-state index contributed by atoms with van der Waals surface area (Å²) in [6.07, 6.45) is 10.6. The van der Waals surface area contributed by atoms with Gasteiger partial charge in [-0.15, -0.1) is 0 Å². The van der Waals surface area contributed by atoms with E-state index in [4.69, 9.17) is 14.2 Å². The van der Waals surface area contributed by atoms with Crippen LogP contribution in [-0.4, -0.2) is 45.2 Å². The first-order valence-corrected chi connectivity index (χ1v) is 8.85. The van der Waals surface area contributed by atoms with E-state index in [1.165, 1.54) is 25.7 Å². The van der Waals surface area contributed by atoms with Gasteiger partial charge >= 0.3 is 0 Å². The largest absolute Gasteiger partial charge is 0.493 e. The van der Waals surface area contributed by atoms with Gasteiger partial charge in [0.2, 0.25) is 11.7 Å². The number of likely N-dealkylation sites (N-methyl/N-ethyl adjacent to an activating group) is 1. The van der Waals surface area contributed by atoms with Crippen molar-refractivity contribution in [3.05, 3.63) is 23.8 Å². The van der Waals surface area contributed by atoms with Crippen LogP contribution in [0.5, 0.6) is 17.2 Å². The second-order valence-electron chi connectivity index (χ2n) is 6.39. The summed E-state index contributed by atoms with van der Waals surface area (Å²) in [5, 5.41) is 0. The van der Waals surface area contributed by atoms with E-state index in [1.807, 2.05) is 24.1 Å². The van der Waals surface area contributed by atoms with E-state index in [0.717, 1.165) is 18.4 Å². The molecule has 0 N–H and O–H groups in total. The van der Waals surface area contributed by atoms with E-state index in [0.29, 0.717) is 23.3 Å². The Labute approximate surface area is 150 Å². The van der Waals surface area contributed by atoms with Crippen LogP contribution in [0.4, 0.5) is 0 Å². The standard InChI is InChI=1S/C20H29NO4/c1-21(16-9-7-5-6-8-10-16)19(22)12-11-15-13-17(23-2)20(25-4)18(14-15)24-3/h11-14,16H,5-10H2,1-4H3/b12-11+. The molecule has 1 aliphatic rings. The summed E-state index contributed by atoms with van der Waals surface area (Å²) in [7, 11) is 6.63.